The Bertz CT molecular complexity index is 866. The van der Waals surface area contributed by atoms with Gasteiger partial charge in [0.1, 0.15) is 0 Å². The Labute approximate surface area is 172 Å². The van der Waals surface area contributed by atoms with Crippen molar-refractivity contribution < 1.29 is 14.3 Å². The fourth-order valence-corrected chi connectivity index (χ4v) is 4.21. The second-order valence-electron chi connectivity index (χ2n) is 8.03. The fraction of sp³-hybridized carbons (Fsp3) is 0.458. The summed E-state index contributed by atoms with van der Waals surface area (Å²) in [6, 6.07) is 9.93. The molecule has 0 bridgehead atoms. The van der Waals surface area contributed by atoms with E-state index in [1.54, 1.807) is 12.4 Å². The average Bonchev–Trinajstić information content (AvgIpc) is 3.25. The number of aryl methyl sites for hydroxylation is 2. The summed E-state index contributed by atoms with van der Waals surface area (Å²) < 4.78 is 5.93. The molecule has 152 valence electrons. The van der Waals surface area contributed by atoms with Gasteiger partial charge in [-0.25, -0.2) is 0 Å². The molecule has 1 aromatic carbocycles. The van der Waals surface area contributed by atoms with Crippen LogP contribution in [-0.4, -0.2) is 40.8 Å². The van der Waals surface area contributed by atoms with E-state index in [0.717, 1.165) is 30.4 Å². The number of rotatable bonds is 7. The van der Waals surface area contributed by atoms with E-state index in [1.165, 1.54) is 24.0 Å². The highest BCUT2D eigenvalue weighted by Gasteiger charge is 2.27. The number of Topliss-reactive ketones (excluding diaryl/α,β-unsaturated/α-hetero) is 1. The third-order valence-corrected chi connectivity index (χ3v) is 5.97. The number of fused-ring (bicyclic) bond motifs is 1. The maximum atomic E-state index is 12.6. The molecule has 1 aromatic heterocycles. The molecule has 0 N–H and O–H groups in total. The summed E-state index contributed by atoms with van der Waals surface area (Å²) >= 11 is 0. The zero-order chi connectivity index (χ0) is 20.1. The number of amides is 1. The average molecular weight is 392 g/mol. The van der Waals surface area contributed by atoms with Gasteiger partial charge in [0.05, 0.1) is 12.7 Å². The van der Waals surface area contributed by atoms with Crippen LogP contribution < -0.4 is 0 Å². The number of nitrogens with zero attached hydrogens (tertiary/aromatic N) is 2. The maximum Gasteiger partial charge on any atom is 0.223 e. The molecule has 1 aliphatic heterocycles. The lowest BCUT2D eigenvalue weighted by molar-refractivity contribution is -0.130. The van der Waals surface area contributed by atoms with Crippen LogP contribution in [0.4, 0.5) is 0 Å². The van der Waals surface area contributed by atoms with Crippen molar-refractivity contribution in [2.24, 2.45) is 0 Å². The van der Waals surface area contributed by atoms with E-state index in [2.05, 4.69) is 11.1 Å². The molecule has 29 heavy (non-hydrogen) atoms. The van der Waals surface area contributed by atoms with Gasteiger partial charge in [0.25, 0.3) is 0 Å². The zero-order valence-corrected chi connectivity index (χ0v) is 16.8. The molecule has 2 aliphatic rings. The lowest BCUT2D eigenvalue weighted by Gasteiger charge is -2.17. The van der Waals surface area contributed by atoms with Crippen LogP contribution in [0, 0.1) is 0 Å². The highest BCUT2D eigenvalue weighted by Crippen LogP contribution is 2.23. The van der Waals surface area contributed by atoms with Gasteiger partial charge in [0.15, 0.2) is 5.78 Å². The number of ether oxygens (including phenoxy) is 1. The molecule has 0 radical (unpaired) electrons. The third kappa shape index (κ3) is 5.10. The number of pyridine rings is 1. The fourth-order valence-electron chi connectivity index (χ4n) is 4.21. The summed E-state index contributed by atoms with van der Waals surface area (Å²) in [5.74, 6) is 0.114. The van der Waals surface area contributed by atoms with Crippen molar-refractivity contribution in [1.82, 2.24) is 9.88 Å². The minimum Gasteiger partial charge on any atom is -0.372 e. The number of hydrogen-bond donors (Lipinski definition) is 0. The minimum absolute atomic E-state index is 0.0475. The molecule has 1 amide bonds. The van der Waals surface area contributed by atoms with Gasteiger partial charge in [-0.2, -0.15) is 0 Å². The third-order valence-electron chi connectivity index (χ3n) is 5.97. The first-order valence-corrected chi connectivity index (χ1v) is 10.6. The number of likely N-dealkylation sites (tertiary alicyclic amines) is 1. The van der Waals surface area contributed by atoms with Gasteiger partial charge in [0.2, 0.25) is 5.91 Å². The normalized spacial score (nSPS) is 18.5. The SMILES string of the molecule is O=C(CCC(=O)N1CC[C@@H](OCc2ccncc2)C1)c1ccc2c(c1)CCCC2. The first-order chi connectivity index (χ1) is 14.2. The van der Waals surface area contributed by atoms with Crippen LogP contribution in [-0.2, 0) is 29.0 Å². The second-order valence-corrected chi connectivity index (χ2v) is 8.03. The van der Waals surface area contributed by atoms with Crippen molar-refractivity contribution in [2.75, 3.05) is 13.1 Å². The van der Waals surface area contributed by atoms with Gasteiger partial charge in [0, 0.05) is 43.9 Å². The molecule has 5 heteroatoms. The van der Waals surface area contributed by atoms with Gasteiger partial charge in [-0.05, 0) is 67.0 Å². The quantitative estimate of drug-likeness (QED) is 0.674. The summed E-state index contributed by atoms with van der Waals surface area (Å²) in [6.07, 6.45) is 9.56. The van der Waals surface area contributed by atoms with Gasteiger partial charge in [-0.15, -0.1) is 0 Å². The first kappa shape index (κ1) is 19.8. The van der Waals surface area contributed by atoms with Crippen LogP contribution in [0.5, 0.6) is 0 Å². The summed E-state index contributed by atoms with van der Waals surface area (Å²) in [6.45, 7) is 1.84. The Kier molecular flexibility index (Phi) is 6.35. The first-order valence-electron chi connectivity index (χ1n) is 10.6. The van der Waals surface area contributed by atoms with Crippen molar-refractivity contribution in [1.29, 1.82) is 0 Å². The van der Waals surface area contributed by atoms with Crippen molar-refractivity contribution in [3.05, 3.63) is 65.0 Å². The minimum atomic E-state index is 0.0475. The van der Waals surface area contributed by atoms with Gasteiger partial charge in [-0.1, -0.05) is 12.1 Å². The predicted octanol–water partition coefficient (Wildman–Crippen LogP) is 3.74. The predicted molar refractivity (Wildman–Crippen MR) is 111 cm³/mol. The Morgan fingerprint density at radius 3 is 2.66 bits per heavy atom. The van der Waals surface area contributed by atoms with Crippen LogP contribution in [0.1, 0.15) is 59.2 Å². The van der Waals surface area contributed by atoms with E-state index >= 15 is 0 Å². The van der Waals surface area contributed by atoms with Gasteiger partial charge in [-0.3, -0.25) is 14.6 Å². The molecule has 1 atom stereocenters. The largest absolute Gasteiger partial charge is 0.372 e. The Balaban J connectivity index is 1.23. The molecular weight excluding hydrogens is 364 g/mol. The van der Waals surface area contributed by atoms with Crippen LogP contribution in [0.25, 0.3) is 0 Å². The molecule has 1 aliphatic carbocycles. The van der Waals surface area contributed by atoms with Gasteiger partial charge < -0.3 is 9.64 Å². The van der Waals surface area contributed by atoms with Crippen LogP contribution >= 0.6 is 0 Å². The van der Waals surface area contributed by atoms with E-state index in [-0.39, 0.29) is 30.6 Å². The standard InChI is InChI=1S/C24H28N2O3/c27-23(21-6-5-19-3-1-2-4-20(19)15-21)7-8-24(28)26-14-11-22(16-26)29-17-18-9-12-25-13-10-18/h5-6,9-10,12-13,15,22H,1-4,7-8,11,14,16-17H2/t22-/m1/s1. The van der Waals surface area contributed by atoms with Crippen LogP contribution in [0.3, 0.4) is 0 Å². The highest BCUT2D eigenvalue weighted by atomic mass is 16.5. The summed E-state index contributed by atoms with van der Waals surface area (Å²) in [4.78, 5) is 30.9. The topological polar surface area (TPSA) is 59.5 Å². The number of aromatic nitrogens is 1. The number of carbonyl (C=O) groups excluding carboxylic acids is 2. The molecule has 1 fully saturated rings. The van der Waals surface area contributed by atoms with E-state index < -0.39 is 0 Å². The number of carbonyl (C=O) groups is 2. The zero-order valence-electron chi connectivity index (χ0n) is 16.8. The van der Waals surface area contributed by atoms with E-state index in [1.807, 2.05) is 29.2 Å². The maximum absolute atomic E-state index is 12.6. The Morgan fingerprint density at radius 1 is 1.03 bits per heavy atom. The molecule has 5 nitrogen and oxygen atoms in total. The van der Waals surface area contributed by atoms with E-state index in [0.29, 0.717) is 19.7 Å². The van der Waals surface area contributed by atoms with Crippen molar-refractivity contribution >= 4 is 11.7 Å². The number of ketones is 1. The van der Waals surface area contributed by atoms with Gasteiger partial charge >= 0.3 is 0 Å². The monoisotopic (exact) mass is 392 g/mol. The lowest BCUT2D eigenvalue weighted by Crippen LogP contribution is -2.30. The lowest BCUT2D eigenvalue weighted by atomic mass is 9.89. The molecule has 0 unspecified atom stereocenters. The highest BCUT2D eigenvalue weighted by molar-refractivity contribution is 5.98. The summed E-state index contributed by atoms with van der Waals surface area (Å²) in [5, 5.41) is 0. The smallest absolute Gasteiger partial charge is 0.223 e. The molecule has 1 saturated heterocycles. The Morgan fingerprint density at radius 2 is 1.83 bits per heavy atom. The molecular formula is C24H28N2O3. The second kappa shape index (κ2) is 9.31. The molecule has 2 aromatic rings. The van der Waals surface area contributed by atoms with E-state index in [4.69, 9.17) is 4.74 Å². The van der Waals surface area contributed by atoms with Crippen molar-refractivity contribution in [2.45, 2.75) is 57.7 Å². The van der Waals surface area contributed by atoms with Crippen molar-refractivity contribution in [3.8, 4) is 0 Å². The number of benzene rings is 1. The van der Waals surface area contributed by atoms with E-state index in [9.17, 15) is 9.59 Å². The molecule has 0 spiro atoms. The molecule has 2 heterocycles. The van der Waals surface area contributed by atoms with Crippen molar-refractivity contribution in [3.63, 3.8) is 0 Å². The Hall–Kier alpha value is -2.53. The van der Waals surface area contributed by atoms with Crippen LogP contribution in [0.15, 0.2) is 42.7 Å². The molecule has 0 saturated carbocycles. The molecule has 4 rings (SSSR count). The number of hydrogen-bond acceptors (Lipinski definition) is 4. The summed E-state index contributed by atoms with van der Waals surface area (Å²) in [7, 11) is 0. The summed E-state index contributed by atoms with van der Waals surface area (Å²) in [5.41, 5.74) is 4.51. The van der Waals surface area contributed by atoms with Crippen LogP contribution in [0.2, 0.25) is 0 Å².